The van der Waals surface area contributed by atoms with E-state index in [2.05, 4.69) is 6.07 Å². The van der Waals surface area contributed by atoms with E-state index in [0.717, 1.165) is 6.42 Å². The first kappa shape index (κ1) is 11.1. The second kappa shape index (κ2) is 4.26. The van der Waals surface area contributed by atoms with E-state index in [1.54, 1.807) is 6.07 Å². The molecule has 16 heavy (non-hydrogen) atoms. The van der Waals surface area contributed by atoms with Gasteiger partial charge in [0.15, 0.2) is 0 Å². The Labute approximate surface area is 95.6 Å². The first-order chi connectivity index (χ1) is 7.72. The Morgan fingerprint density at radius 2 is 2.25 bits per heavy atom. The predicted molar refractivity (Wildman–Crippen MR) is 62.4 cm³/mol. The molecule has 1 fully saturated rings. The third-order valence-corrected chi connectivity index (χ3v) is 3.37. The van der Waals surface area contributed by atoms with E-state index in [-0.39, 0.29) is 11.4 Å². The molecule has 2 N–H and O–H groups in total. The Balaban J connectivity index is 2.26. The van der Waals surface area contributed by atoms with E-state index in [1.807, 2.05) is 12.1 Å². The molecular weight excluding hydrogens is 202 g/mol. The van der Waals surface area contributed by atoms with Gasteiger partial charge in [-0.25, -0.2) is 4.79 Å². The highest BCUT2D eigenvalue weighted by molar-refractivity contribution is 5.89. The van der Waals surface area contributed by atoms with E-state index < -0.39 is 0 Å². The SMILES string of the molecule is COC(=O)c1cccc(C2(CCN)CC2)c1. The van der Waals surface area contributed by atoms with Gasteiger partial charge in [-0.3, -0.25) is 0 Å². The lowest BCUT2D eigenvalue weighted by Gasteiger charge is -2.15. The van der Waals surface area contributed by atoms with Gasteiger partial charge in [0.25, 0.3) is 0 Å². The smallest absolute Gasteiger partial charge is 0.337 e. The van der Waals surface area contributed by atoms with Crippen LogP contribution in [0.25, 0.3) is 0 Å². The lowest BCUT2D eigenvalue weighted by molar-refractivity contribution is 0.0600. The highest BCUT2D eigenvalue weighted by atomic mass is 16.5. The summed E-state index contributed by atoms with van der Waals surface area (Å²) in [5, 5.41) is 0. The lowest BCUT2D eigenvalue weighted by atomic mass is 9.91. The number of rotatable bonds is 4. The number of hydrogen-bond acceptors (Lipinski definition) is 3. The molecule has 0 amide bonds. The lowest BCUT2D eigenvalue weighted by Crippen LogP contribution is -2.14. The number of benzene rings is 1. The molecule has 3 heteroatoms. The minimum atomic E-state index is -0.273. The maximum absolute atomic E-state index is 11.4. The number of esters is 1. The summed E-state index contributed by atoms with van der Waals surface area (Å²) in [6, 6.07) is 7.72. The zero-order chi connectivity index (χ0) is 11.6. The van der Waals surface area contributed by atoms with E-state index in [1.165, 1.54) is 25.5 Å². The molecule has 0 spiro atoms. The molecule has 0 radical (unpaired) electrons. The van der Waals surface area contributed by atoms with Crippen LogP contribution < -0.4 is 5.73 Å². The highest BCUT2D eigenvalue weighted by Crippen LogP contribution is 2.50. The predicted octanol–water partition coefficient (Wildman–Crippen LogP) is 1.85. The van der Waals surface area contributed by atoms with Crippen molar-refractivity contribution in [2.24, 2.45) is 5.73 Å². The number of nitrogens with two attached hydrogens (primary N) is 1. The number of hydrogen-bond donors (Lipinski definition) is 1. The molecule has 1 aliphatic rings. The van der Waals surface area contributed by atoms with Crippen LogP contribution in [0.3, 0.4) is 0 Å². The van der Waals surface area contributed by atoms with Gasteiger partial charge in [0.2, 0.25) is 0 Å². The van der Waals surface area contributed by atoms with Crippen molar-refractivity contribution in [3.8, 4) is 0 Å². The Kier molecular flexibility index (Phi) is 2.97. The van der Waals surface area contributed by atoms with E-state index in [4.69, 9.17) is 10.5 Å². The minimum absolute atomic E-state index is 0.235. The van der Waals surface area contributed by atoms with Crippen molar-refractivity contribution in [2.45, 2.75) is 24.7 Å². The molecule has 0 aliphatic heterocycles. The van der Waals surface area contributed by atoms with Crippen LogP contribution in [0, 0.1) is 0 Å². The van der Waals surface area contributed by atoms with Crippen LogP contribution in [0.4, 0.5) is 0 Å². The van der Waals surface area contributed by atoms with E-state index in [9.17, 15) is 4.79 Å². The topological polar surface area (TPSA) is 52.3 Å². The van der Waals surface area contributed by atoms with Crippen molar-refractivity contribution in [1.29, 1.82) is 0 Å². The summed E-state index contributed by atoms with van der Waals surface area (Å²) in [6.45, 7) is 0.697. The number of carbonyl (C=O) groups is 1. The van der Waals surface area contributed by atoms with Crippen molar-refractivity contribution < 1.29 is 9.53 Å². The van der Waals surface area contributed by atoms with Gasteiger partial charge >= 0.3 is 5.97 Å². The fourth-order valence-corrected chi connectivity index (χ4v) is 2.20. The summed E-state index contributed by atoms with van der Waals surface area (Å²) in [5.41, 5.74) is 7.71. The quantitative estimate of drug-likeness (QED) is 0.786. The molecule has 1 aromatic rings. The molecular formula is C13H17NO2. The maximum Gasteiger partial charge on any atom is 0.337 e. The molecule has 1 aromatic carbocycles. The molecule has 2 rings (SSSR count). The fraction of sp³-hybridized carbons (Fsp3) is 0.462. The van der Waals surface area contributed by atoms with Crippen LogP contribution in [0.1, 0.15) is 35.2 Å². The van der Waals surface area contributed by atoms with Crippen LogP contribution in [0.2, 0.25) is 0 Å². The molecule has 0 atom stereocenters. The number of methoxy groups -OCH3 is 1. The second-order valence-electron chi connectivity index (χ2n) is 4.39. The van der Waals surface area contributed by atoms with Gasteiger partial charge in [-0.1, -0.05) is 12.1 Å². The number of ether oxygens (including phenoxy) is 1. The summed E-state index contributed by atoms with van der Waals surface area (Å²) in [6.07, 6.45) is 3.35. The van der Waals surface area contributed by atoms with Crippen molar-refractivity contribution >= 4 is 5.97 Å². The average Bonchev–Trinajstić information content (AvgIpc) is 3.10. The van der Waals surface area contributed by atoms with Crippen LogP contribution in [0.5, 0.6) is 0 Å². The van der Waals surface area contributed by atoms with Crippen LogP contribution in [-0.4, -0.2) is 19.6 Å². The molecule has 0 saturated heterocycles. The normalized spacial score (nSPS) is 16.9. The third-order valence-electron chi connectivity index (χ3n) is 3.37. The van der Waals surface area contributed by atoms with Gasteiger partial charge in [0.1, 0.15) is 0 Å². The molecule has 86 valence electrons. The van der Waals surface area contributed by atoms with Gasteiger partial charge in [-0.05, 0) is 48.9 Å². The first-order valence-electron chi connectivity index (χ1n) is 5.61. The van der Waals surface area contributed by atoms with Gasteiger partial charge in [-0.15, -0.1) is 0 Å². The van der Waals surface area contributed by atoms with Crippen molar-refractivity contribution in [1.82, 2.24) is 0 Å². The summed E-state index contributed by atoms with van der Waals surface area (Å²) in [7, 11) is 1.40. The fourth-order valence-electron chi connectivity index (χ4n) is 2.20. The number of carbonyl (C=O) groups excluding carboxylic acids is 1. The molecule has 0 bridgehead atoms. The van der Waals surface area contributed by atoms with E-state index in [0.29, 0.717) is 12.1 Å². The average molecular weight is 219 g/mol. The molecule has 0 unspecified atom stereocenters. The zero-order valence-corrected chi connectivity index (χ0v) is 9.53. The Morgan fingerprint density at radius 3 is 2.81 bits per heavy atom. The summed E-state index contributed by atoms with van der Waals surface area (Å²) in [4.78, 5) is 11.4. The summed E-state index contributed by atoms with van der Waals surface area (Å²) < 4.78 is 4.72. The van der Waals surface area contributed by atoms with Crippen molar-refractivity contribution in [3.63, 3.8) is 0 Å². The Bertz CT molecular complexity index is 397. The third kappa shape index (κ3) is 1.95. The van der Waals surface area contributed by atoms with Crippen molar-refractivity contribution in [2.75, 3.05) is 13.7 Å². The van der Waals surface area contributed by atoms with Gasteiger partial charge < -0.3 is 10.5 Å². The second-order valence-corrected chi connectivity index (χ2v) is 4.39. The van der Waals surface area contributed by atoms with Crippen molar-refractivity contribution in [3.05, 3.63) is 35.4 Å². The molecule has 1 saturated carbocycles. The summed E-state index contributed by atoms with van der Waals surface area (Å²) >= 11 is 0. The van der Waals surface area contributed by atoms with Gasteiger partial charge in [-0.2, -0.15) is 0 Å². The zero-order valence-electron chi connectivity index (χ0n) is 9.53. The standard InChI is InChI=1S/C13H17NO2/c1-16-12(15)10-3-2-4-11(9-10)13(5-6-13)7-8-14/h2-4,9H,5-8,14H2,1H3. The minimum Gasteiger partial charge on any atom is -0.465 e. The Morgan fingerprint density at radius 1 is 1.50 bits per heavy atom. The van der Waals surface area contributed by atoms with Crippen LogP contribution >= 0.6 is 0 Å². The maximum atomic E-state index is 11.4. The van der Waals surface area contributed by atoms with Gasteiger partial charge in [0.05, 0.1) is 12.7 Å². The highest BCUT2D eigenvalue weighted by Gasteiger charge is 2.43. The largest absolute Gasteiger partial charge is 0.465 e. The molecule has 0 aromatic heterocycles. The molecule has 3 nitrogen and oxygen atoms in total. The van der Waals surface area contributed by atoms with Gasteiger partial charge in [0, 0.05) is 0 Å². The molecule has 1 aliphatic carbocycles. The van der Waals surface area contributed by atoms with E-state index >= 15 is 0 Å². The first-order valence-corrected chi connectivity index (χ1v) is 5.61. The van der Waals surface area contributed by atoms with Crippen LogP contribution in [0.15, 0.2) is 24.3 Å². The Hall–Kier alpha value is -1.35. The molecule has 0 heterocycles. The van der Waals surface area contributed by atoms with Crippen LogP contribution in [-0.2, 0) is 10.2 Å². The summed E-state index contributed by atoms with van der Waals surface area (Å²) in [5.74, 6) is -0.273. The monoisotopic (exact) mass is 219 g/mol.